The normalized spacial score (nSPS) is 10.6. The van der Waals surface area contributed by atoms with Gasteiger partial charge in [0, 0.05) is 18.7 Å². The van der Waals surface area contributed by atoms with E-state index in [0.717, 1.165) is 18.1 Å². The van der Waals surface area contributed by atoms with Gasteiger partial charge in [0.1, 0.15) is 0 Å². The van der Waals surface area contributed by atoms with Gasteiger partial charge in [0.05, 0.1) is 6.54 Å². The van der Waals surface area contributed by atoms with Crippen LogP contribution in [0.5, 0.6) is 0 Å². The van der Waals surface area contributed by atoms with Gasteiger partial charge in [-0.25, -0.2) is 4.99 Å². The molecular formula is C18H23IN4O. The second kappa shape index (κ2) is 10.6. The molecule has 24 heavy (non-hydrogen) atoms. The first-order chi connectivity index (χ1) is 11.2. The van der Waals surface area contributed by atoms with Crippen molar-refractivity contribution in [3.63, 3.8) is 0 Å². The fourth-order valence-corrected chi connectivity index (χ4v) is 2.12. The zero-order valence-corrected chi connectivity index (χ0v) is 16.0. The third-order valence-corrected chi connectivity index (χ3v) is 3.28. The summed E-state index contributed by atoms with van der Waals surface area (Å²) >= 11 is 0. The van der Waals surface area contributed by atoms with Crippen LogP contribution in [-0.4, -0.2) is 18.4 Å². The molecule has 0 saturated carbocycles. The fraction of sp³-hybridized carbons (Fsp3) is 0.222. The van der Waals surface area contributed by atoms with Crippen LogP contribution in [0.15, 0.2) is 59.6 Å². The van der Waals surface area contributed by atoms with Crippen molar-refractivity contribution in [1.82, 2.24) is 10.6 Å². The Balaban J connectivity index is 0.00000288. The van der Waals surface area contributed by atoms with Gasteiger partial charge in [0.15, 0.2) is 5.96 Å². The first-order valence-corrected chi connectivity index (χ1v) is 7.64. The number of halogens is 1. The van der Waals surface area contributed by atoms with Crippen molar-refractivity contribution in [1.29, 1.82) is 0 Å². The van der Waals surface area contributed by atoms with Crippen LogP contribution < -0.4 is 16.4 Å². The maximum atomic E-state index is 11.2. The number of primary amides is 1. The van der Waals surface area contributed by atoms with Crippen molar-refractivity contribution in [2.45, 2.75) is 20.0 Å². The van der Waals surface area contributed by atoms with Gasteiger partial charge >= 0.3 is 0 Å². The van der Waals surface area contributed by atoms with Gasteiger partial charge in [0.25, 0.3) is 0 Å². The van der Waals surface area contributed by atoms with Crippen molar-refractivity contribution < 1.29 is 4.79 Å². The zero-order valence-electron chi connectivity index (χ0n) is 13.7. The van der Waals surface area contributed by atoms with Gasteiger partial charge in [-0.3, -0.25) is 4.79 Å². The van der Waals surface area contributed by atoms with Crippen LogP contribution in [0.3, 0.4) is 0 Å². The van der Waals surface area contributed by atoms with E-state index in [2.05, 4.69) is 27.8 Å². The summed E-state index contributed by atoms with van der Waals surface area (Å²) in [6, 6.07) is 17.4. The molecule has 1 amide bonds. The molecule has 6 heteroatoms. The van der Waals surface area contributed by atoms with E-state index in [1.54, 1.807) is 12.1 Å². The quantitative estimate of drug-likeness (QED) is 0.369. The number of rotatable bonds is 6. The van der Waals surface area contributed by atoms with Crippen LogP contribution in [0, 0.1) is 0 Å². The Morgan fingerprint density at radius 3 is 2.42 bits per heavy atom. The summed E-state index contributed by atoms with van der Waals surface area (Å²) in [4.78, 5) is 15.8. The van der Waals surface area contributed by atoms with Crippen LogP contribution >= 0.6 is 24.0 Å². The second-order valence-corrected chi connectivity index (χ2v) is 5.10. The van der Waals surface area contributed by atoms with E-state index in [4.69, 9.17) is 5.73 Å². The topological polar surface area (TPSA) is 79.5 Å². The van der Waals surface area contributed by atoms with Gasteiger partial charge in [0.2, 0.25) is 5.91 Å². The summed E-state index contributed by atoms with van der Waals surface area (Å²) in [6.07, 6.45) is 0. The maximum Gasteiger partial charge on any atom is 0.248 e. The monoisotopic (exact) mass is 438 g/mol. The summed E-state index contributed by atoms with van der Waals surface area (Å²) in [6.45, 7) is 3.98. The van der Waals surface area contributed by atoms with E-state index in [-0.39, 0.29) is 24.0 Å². The highest BCUT2D eigenvalue weighted by Crippen LogP contribution is 2.06. The predicted octanol–water partition coefficient (Wildman–Crippen LogP) is 2.66. The number of hydrogen-bond acceptors (Lipinski definition) is 2. The molecule has 4 N–H and O–H groups in total. The molecule has 0 radical (unpaired) electrons. The fourth-order valence-electron chi connectivity index (χ4n) is 2.12. The summed E-state index contributed by atoms with van der Waals surface area (Å²) in [5.41, 5.74) is 7.93. The van der Waals surface area contributed by atoms with Crippen molar-refractivity contribution in [2.75, 3.05) is 6.54 Å². The third kappa shape index (κ3) is 6.57. The SMILES string of the molecule is CCNC(=NCc1cccc(C(N)=O)c1)NCc1ccccc1.I. The Morgan fingerprint density at radius 1 is 1.04 bits per heavy atom. The molecular weight excluding hydrogens is 415 g/mol. The third-order valence-electron chi connectivity index (χ3n) is 3.28. The number of hydrogen-bond donors (Lipinski definition) is 3. The lowest BCUT2D eigenvalue weighted by atomic mass is 10.1. The highest BCUT2D eigenvalue weighted by Gasteiger charge is 2.02. The molecule has 0 bridgehead atoms. The average Bonchev–Trinajstić information content (AvgIpc) is 2.58. The lowest BCUT2D eigenvalue weighted by molar-refractivity contribution is 0.1000. The minimum atomic E-state index is -0.426. The molecule has 5 nitrogen and oxygen atoms in total. The highest BCUT2D eigenvalue weighted by molar-refractivity contribution is 14.0. The molecule has 0 aromatic heterocycles. The van der Waals surface area contributed by atoms with Crippen molar-refractivity contribution >= 4 is 35.8 Å². The largest absolute Gasteiger partial charge is 0.366 e. The van der Waals surface area contributed by atoms with Gasteiger partial charge in [-0.15, -0.1) is 24.0 Å². The Morgan fingerprint density at radius 2 is 1.75 bits per heavy atom. The molecule has 2 aromatic carbocycles. The minimum Gasteiger partial charge on any atom is -0.366 e. The van der Waals surface area contributed by atoms with Crippen LogP contribution in [0.2, 0.25) is 0 Å². The molecule has 0 unspecified atom stereocenters. The smallest absolute Gasteiger partial charge is 0.248 e. The Hall–Kier alpha value is -2.09. The molecule has 0 atom stereocenters. The van der Waals surface area contributed by atoms with Gasteiger partial charge < -0.3 is 16.4 Å². The van der Waals surface area contributed by atoms with Crippen LogP contribution in [-0.2, 0) is 13.1 Å². The van der Waals surface area contributed by atoms with Gasteiger partial charge in [-0.05, 0) is 30.2 Å². The molecule has 2 rings (SSSR count). The molecule has 128 valence electrons. The second-order valence-electron chi connectivity index (χ2n) is 5.10. The number of guanidine groups is 1. The number of carbonyl (C=O) groups excluding carboxylic acids is 1. The Bertz CT molecular complexity index is 674. The Labute approximate surface area is 159 Å². The van der Waals surface area contributed by atoms with Crippen molar-refractivity contribution in [3.05, 3.63) is 71.3 Å². The number of benzene rings is 2. The number of nitrogens with one attached hydrogen (secondary N) is 2. The van der Waals surface area contributed by atoms with Crippen molar-refractivity contribution in [2.24, 2.45) is 10.7 Å². The lowest BCUT2D eigenvalue weighted by Crippen LogP contribution is -2.36. The number of carbonyl (C=O) groups is 1. The first kappa shape index (κ1) is 20.0. The summed E-state index contributed by atoms with van der Waals surface area (Å²) in [5.74, 6) is 0.311. The predicted molar refractivity (Wildman–Crippen MR) is 108 cm³/mol. The summed E-state index contributed by atoms with van der Waals surface area (Å²) in [5, 5.41) is 6.50. The van der Waals surface area contributed by atoms with Crippen LogP contribution in [0.4, 0.5) is 0 Å². The van der Waals surface area contributed by atoms with E-state index in [1.807, 2.05) is 37.3 Å². The maximum absolute atomic E-state index is 11.2. The molecule has 0 aliphatic carbocycles. The van der Waals surface area contributed by atoms with Gasteiger partial charge in [-0.2, -0.15) is 0 Å². The molecule has 0 aliphatic heterocycles. The Kier molecular flexibility index (Phi) is 8.85. The molecule has 0 saturated heterocycles. The van der Waals surface area contributed by atoms with E-state index in [0.29, 0.717) is 18.7 Å². The number of nitrogens with two attached hydrogens (primary N) is 1. The molecule has 0 aliphatic rings. The molecule has 2 aromatic rings. The first-order valence-electron chi connectivity index (χ1n) is 7.64. The number of aliphatic imine (C=N–C) groups is 1. The van der Waals surface area contributed by atoms with E-state index in [1.165, 1.54) is 5.56 Å². The standard InChI is InChI=1S/C18H22N4O.HI/c1-2-20-18(21-12-14-7-4-3-5-8-14)22-13-15-9-6-10-16(11-15)17(19)23;/h3-11H,2,12-13H2,1H3,(H2,19,23)(H2,20,21,22);1H. The molecule has 0 fully saturated rings. The minimum absolute atomic E-state index is 0. The van der Waals surface area contributed by atoms with E-state index < -0.39 is 5.91 Å². The summed E-state index contributed by atoms with van der Waals surface area (Å²) < 4.78 is 0. The number of amides is 1. The molecule has 0 heterocycles. The number of nitrogens with zero attached hydrogens (tertiary/aromatic N) is 1. The molecule has 0 spiro atoms. The van der Waals surface area contributed by atoms with E-state index >= 15 is 0 Å². The van der Waals surface area contributed by atoms with Crippen LogP contribution in [0.25, 0.3) is 0 Å². The van der Waals surface area contributed by atoms with Crippen LogP contribution in [0.1, 0.15) is 28.4 Å². The van der Waals surface area contributed by atoms with Gasteiger partial charge in [-0.1, -0.05) is 42.5 Å². The highest BCUT2D eigenvalue weighted by atomic mass is 127. The summed E-state index contributed by atoms with van der Waals surface area (Å²) in [7, 11) is 0. The zero-order chi connectivity index (χ0) is 16.5. The van der Waals surface area contributed by atoms with E-state index in [9.17, 15) is 4.79 Å². The average molecular weight is 438 g/mol. The lowest BCUT2D eigenvalue weighted by Gasteiger charge is -2.11. The van der Waals surface area contributed by atoms with Crippen molar-refractivity contribution in [3.8, 4) is 0 Å².